The summed E-state index contributed by atoms with van der Waals surface area (Å²) in [6.45, 7) is -2.96. The minimum absolute atomic E-state index is 0.790. The number of carbonyl (C=O) groups excluding carboxylic acids is 3. The number of aliphatic hydroxyl groups excluding tert-OH is 21. The van der Waals surface area contributed by atoms with Gasteiger partial charge >= 0.3 is 0 Å². The van der Waals surface area contributed by atoms with E-state index in [1.165, 1.54) is 6.92 Å². The van der Waals surface area contributed by atoms with Crippen LogP contribution in [0.25, 0.3) is 0 Å². The van der Waals surface area contributed by atoms with Crippen LogP contribution in [0, 0.1) is 0 Å². The summed E-state index contributed by atoms with van der Waals surface area (Å²) in [5.74, 6) is -2.64. The molecule has 95 heavy (non-hydrogen) atoms. The number of aliphatic hydroxyl groups is 21. The van der Waals surface area contributed by atoms with E-state index in [9.17, 15) is 122 Å². The first kappa shape index (κ1) is 77.7. The van der Waals surface area contributed by atoms with E-state index in [1.54, 1.807) is 0 Å². The van der Waals surface area contributed by atoms with Gasteiger partial charge in [-0.25, -0.2) is 0 Å². The van der Waals surface area contributed by atoms with E-state index in [-0.39, 0.29) is 0 Å². The average Bonchev–Trinajstić information content (AvgIpc) is 0.772. The molecule has 0 aromatic rings. The first-order chi connectivity index (χ1) is 44.9. The summed E-state index contributed by atoms with van der Waals surface area (Å²) in [4.78, 5) is 38.3. The Hall–Kier alpha value is -3.03. The lowest BCUT2D eigenvalue weighted by atomic mass is 9.93. The second-order valence-electron chi connectivity index (χ2n) is 24.2. The summed E-state index contributed by atoms with van der Waals surface area (Å²) in [6, 6.07) is -5.47. The molecule has 42 heteroatoms. The third-order valence-electron chi connectivity index (χ3n) is 17.4. The topological polar surface area (TPSA) is 651 Å². The number of rotatable bonds is 23. The lowest BCUT2D eigenvalue weighted by molar-refractivity contribution is -0.411. The van der Waals surface area contributed by atoms with Crippen molar-refractivity contribution in [3.63, 3.8) is 0 Å². The Kier molecular flexibility index (Phi) is 27.5. The number of ether oxygens (including phenoxy) is 15. The van der Waals surface area contributed by atoms with Crippen LogP contribution in [0.5, 0.6) is 0 Å². The fourth-order valence-corrected chi connectivity index (χ4v) is 12.2. The van der Waals surface area contributed by atoms with Crippen LogP contribution < -0.4 is 16.0 Å². The van der Waals surface area contributed by atoms with Crippen LogP contribution >= 0.6 is 0 Å². The van der Waals surface area contributed by atoms with Crippen LogP contribution in [0.1, 0.15) is 27.7 Å². The Bertz CT molecular complexity index is 2440. The van der Waals surface area contributed by atoms with Gasteiger partial charge in [0, 0.05) is 20.8 Å². The minimum Gasteiger partial charge on any atom is -0.394 e. The summed E-state index contributed by atoms with van der Waals surface area (Å²) in [6.07, 6.45) is -72.7. The van der Waals surface area contributed by atoms with E-state index < -0.39 is 303 Å². The molecule has 0 aliphatic carbocycles. The average molecular weight is 1390 g/mol. The van der Waals surface area contributed by atoms with E-state index in [1.807, 2.05) is 0 Å². The van der Waals surface area contributed by atoms with Crippen LogP contribution in [0.3, 0.4) is 0 Å². The maximum atomic E-state index is 13.2. The highest BCUT2D eigenvalue weighted by Crippen LogP contribution is 2.40. The molecule has 8 aliphatic rings. The van der Waals surface area contributed by atoms with Crippen molar-refractivity contribution in [1.82, 2.24) is 16.0 Å². The Morgan fingerprint density at radius 2 is 0.747 bits per heavy atom. The van der Waals surface area contributed by atoms with E-state index in [0.717, 1.165) is 20.8 Å². The number of carbonyl (C=O) groups is 3. The second-order valence-corrected chi connectivity index (χ2v) is 24.2. The van der Waals surface area contributed by atoms with Crippen molar-refractivity contribution in [2.24, 2.45) is 0 Å². The molecule has 0 spiro atoms. The van der Waals surface area contributed by atoms with Crippen molar-refractivity contribution in [2.45, 2.75) is 267 Å². The van der Waals surface area contributed by atoms with Gasteiger partial charge in [0.25, 0.3) is 0 Å². The molecule has 8 heterocycles. The van der Waals surface area contributed by atoms with Gasteiger partial charge in [-0.15, -0.1) is 0 Å². The predicted molar refractivity (Wildman–Crippen MR) is 292 cm³/mol. The summed E-state index contributed by atoms with van der Waals surface area (Å²) < 4.78 is 89.8. The van der Waals surface area contributed by atoms with E-state index in [4.69, 9.17) is 71.1 Å². The third kappa shape index (κ3) is 17.1. The molecule has 0 unspecified atom stereocenters. The lowest BCUT2D eigenvalue weighted by Gasteiger charge is -2.52. The number of amides is 3. The number of nitrogens with one attached hydrogen (secondary N) is 3. The van der Waals surface area contributed by atoms with Crippen molar-refractivity contribution in [3.8, 4) is 0 Å². The van der Waals surface area contributed by atoms with Crippen LogP contribution in [0.2, 0.25) is 0 Å². The molecule has 0 aromatic carbocycles. The number of hydrogen-bond donors (Lipinski definition) is 24. The molecule has 8 fully saturated rings. The monoisotopic (exact) mass is 1390 g/mol. The zero-order valence-corrected chi connectivity index (χ0v) is 51.2. The van der Waals surface area contributed by atoms with Gasteiger partial charge in [-0.1, -0.05) is 0 Å². The van der Waals surface area contributed by atoms with Gasteiger partial charge in [0.05, 0.1) is 52.4 Å². The maximum absolute atomic E-state index is 13.2. The van der Waals surface area contributed by atoms with E-state index in [2.05, 4.69) is 16.0 Å². The third-order valence-corrected chi connectivity index (χ3v) is 17.4. The van der Waals surface area contributed by atoms with Crippen molar-refractivity contribution in [3.05, 3.63) is 0 Å². The summed E-state index contributed by atoms with van der Waals surface area (Å²) >= 11 is 0. The minimum atomic E-state index is -2.40. The lowest BCUT2D eigenvalue weighted by Crippen LogP contribution is -2.71. The van der Waals surface area contributed by atoms with Crippen LogP contribution in [-0.4, -0.2) is 411 Å². The Morgan fingerprint density at radius 3 is 1.33 bits per heavy atom. The molecule has 24 N–H and O–H groups in total. The normalized spacial score (nSPS) is 49.9. The molecule has 0 aromatic heterocycles. The molecule has 8 saturated heterocycles. The predicted octanol–water partition coefficient (Wildman–Crippen LogP) is -16.4. The zero-order valence-electron chi connectivity index (χ0n) is 51.2. The van der Waals surface area contributed by atoms with Crippen molar-refractivity contribution >= 4 is 17.7 Å². The van der Waals surface area contributed by atoms with Gasteiger partial charge in [0.2, 0.25) is 17.7 Å². The van der Waals surface area contributed by atoms with Gasteiger partial charge in [-0.05, 0) is 6.92 Å². The summed E-state index contributed by atoms with van der Waals surface area (Å²) in [5.41, 5.74) is 0. The van der Waals surface area contributed by atoms with Gasteiger partial charge in [-0.3, -0.25) is 14.4 Å². The Balaban J connectivity index is 1.20. The maximum Gasteiger partial charge on any atom is 0.217 e. The molecular weight excluding hydrogens is 1300 g/mol. The Morgan fingerprint density at radius 1 is 0.337 bits per heavy atom. The highest BCUT2D eigenvalue weighted by molar-refractivity contribution is 5.74. The fraction of sp³-hybridized carbons (Fsp3) is 0.943. The van der Waals surface area contributed by atoms with Gasteiger partial charge in [-0.2, -0.15) is 0 Å². The van der Waals surface area contributed by atoms with Gasteiger partial charge in [0.1, 0.15) is 183 Å². The van der Waals surface area contributed by atoms with E-state index >= 15 is 0 Å². The molecule has 3 amide bonds. The smallest absolute Gasteiger partial charge is 0.217 e. The molecule has 550 valence electrons. The molecule has 0 bridgehead atoms. The molecule has 8 aliphatic heterocycles. The summed E-state index contributed by atoms with van der Waals surface area (Å²) in [7, 11) is 0. The molecule has 39 atom stereocenters. The first-order valence-corrected chi connectivity index (χ1v) is 30.4. The molecule has 8 rings (SSSR count). The van der Waals surface area contributed by atoms with E-state index in [0.29, 0.717) is 0 Å². The second kappa shape index (κ2) is 33.6. The van der Waals surface area contributed by atoms with Crippen molar-refractivity contribution < 1.29 is 193 Å². The summed E-state index contributed by atoms with van der Waals surface area (Å²) in [5, 5.41) is 238. The Labute approximate surface area is 538 Å². The molecule has 0 radical (unpaired) electrons. The van der Waals surface area contributed by atoms with Gasteiger partial charge in [0.15, 0.2) is 50.3 Å². The SMILES string of the molecule is CC(=O)N[C@@H]1[C@@H](O[C@@H]2O[C@@H](C)[C@@H](O)[C@@H](O)[C@@H]2O)[C@H](O[C@@H]2O[C@H](CO)[C@@H](O[C@@H]3O[C@H](CO[C@H]4O[C@H](CO)[C@@H](O)[C@H](O)[C@@H]4O)[C@@H](O)[C@H](O[C@H]4O[C@H](CO)[C@@H](O)[C@H](O)[C@@H]4O[C@@H]4O[C@H](CO)[C@@H](O)[C@H](O)[C@H]4NC(C)=O)[C@@H]3O[C@@H]3OC[C@@H](O)[C@H](O)[C@H]3O)[C@H](O)[C@H]2NC(C)=O)[C@@H](CO)O[C@H]1O. The standard InChI is InChI=1S/C53H89N3O39/c1-12-26(66)34(74)39(79)51(83-12)92-42-25(56-15(4)64)46(80)84-21(9-61)41(42)91-48-24(55-14(3)63)33(73)40(20(8-60)88-48)90-53-45(95-50-37(77)27(67)16(65)10-81-50)43(31(71)22(89-53)11-82-49-38(78)35(75)29(69)18(6-58)86-49)93-52-44(36(76)30(70)19(7-59)87-52)94-47-23(54-13(2)62)32(72)28(68)17(5-57)85-47/h12,16-53,57-61,65-80H,5-11H2,1-4H3,(H,54,62)(H,55,63)(H,56,64)/t12-,16+,17+,18+,19+,20+,21+,22+,23+,24+,25+,26+,27-,28+,29+,30+,31+,32+,33+,34+,35-,36-,37+,38-,39-,40+,41+,42+,43-,44-,45-,46+,47-,48-,49-,50-,51-,52+,53-/m0/s1. The number of hydrogen-bond acceptors (Lipinski definition) is 39. The molecular formula is C53H89N3O39. The van der Waals surface area contributed by atoms with Crippen LogP contribution in [0.4, 0.5) is 0 Å². The highest BCUT2D eigenvalue weighted by Gasteiger charge is 2.60. The fourth-order valence-electron chi connectivity index (χ4n) is 12.2. The highest BCUT2D eigenvalue weighted by atomic mass is 16.8. The van der Waals surface area contributed by atoms with Crippen molar-refractivity contribution in [2.75, 3.05) is 46.2 Å². The van der Waals surface area contributed by atoms with Gasteiger partial charge < -0.3 is 194 Å². The first-order valence-electron chi connectivity index (χ1n) is 30.4. The largest absolute Gasteiger partial charge is 0.394 e. The van der Waals surface area contributed by atoms with Crippen LogP contribution in [0.15, 0.2) is 0 Å². The van der Waals surface area contributed by atoms with Crippen LogP contribution in [-0.2, 0) is 85.4 Å². The molecule has 0 saturated carbocycles. The molecule has 42 nitrogen and oxygen atoms in total. The van der Waals surface area contributed by atoms with Crippen molar-refractivity contribution in [1.29, 1.82) is 0 Å². The quantitative estimate of drug-likeness (QED) is 0.0452. The zero-order chi connectivity index (χ0) is 69.9.